The highest BCUT2D eigenvalue weighted by molar-refractivity contribution is 5.98. The number of rotatable bonds is 2. The van der Waals surface area contributed by atoms with Crippen LogP contribution in [0.5, 0.6) is 0 Å². The van der Waals surface area contributed by atoms with Gasteiger partial charge in [0.15, 0.2) is 0 Å². The van der Waals surface area contributed by atoms with E-state index in [-0.39, 0.29) is 11.8 Å². The summed E-state index contributed by atoms with van der Waals surface area (Å²) >= 11 is 0. The molecule has 2 heterocycles. The molecule has 1 fully saturated rings. The number of carbonyl (C=O) groups is 2. The van der Waals surface area contributed by atoms with Crippen molar-refractivity contribution in [1.29, 1.82) is 0 Å². The quantitative estimate of drug-likeness (QED) is 0.828. The topological polar surface area (TPSA) is 67.2 Å². The standard InChI is InChI=1S/C12H18N4O2/c1-15-8-9(7-13-15)16(2)12(18)10-5-3-4-6-11(17)14-10/h7-8,10H,3-6H2,1-2H3,(H,14,17). The summed E-state index contributed by atoms with van der Waals surface area (Å²) in [6, 6.07) is -0.412. The lowest BCUT2D eigenvalue weighted by atomic mass is 10.1. The second kappa shape index (κ2) is 5.20. The Hall–Kier alpha value is -1.85. The van der Waals surface area contributed by atoms with E-state index in [4.69, 9.17) is 0 Å². The van der Waals surface area contributed by atoms with Gasteiger partial charge in [0.25, 0.3) is 0 Å². The van der Waals surface area contributed by atoms with E-state index >= 15 is 0 Å². The van der Waals surface area contributed by atoms with Crippen molar-refractivity contribution in [2.75, 3.05) is 11.9 Å². The van der Waals surface area contributed by atoms with Crippen LogP contribution in [0.3, 0.4) is 0 Å². The van der Waals surface area contributed by atoms with Crippen LogP contribution in [-0.4, -0.2) is 34.7 Å². The van der Waals surface area contributed by atoms with Gasteiger partial charge in [-0.2, -0.15) is 5.10 Å². The van der Waals surface area contributed by atoms with E-state index in [9.17, 15) is 9.59 Å². The third-order valence-corrected chi connectivity index (χ3v) is 3.19. The smallest absolute Gasteiger partial charge is 0.249 e. The number of aryl methyl sites for hydroxylation is 1. The molecule has 18 heavy (non-hydrogen) atoms. The van der Waals surface area contributed by atoms with Crippen LogP contribution in [0.25, 0.3) is 0 Å². The summed E-state index contributed by atoms with van der Waals surface area (Å²) in [5.41, 5.74) is 0.737. The van der Waals surface area contributed by atoms with E-state index in [1.165, 1.54) is 0 Å². The molecule has 2 amide bonds. The lowest BCUT2D eigenvalue weighted by Gasteiger charge is -2.22. The van der Waals surface area contributed by atoms with E-state index in [1.54, 1.807) is 36.1 Å². The van der Waals surface area contributed by atoms with Gasteiger partial charge in [-0.3, -0.25) is 14.3 Å². The average molecular weight is 250 g/mol. The molecule has 0 saturated carbocycles. The number of hydrogen-bond donors (Lipinski definition) is 1. The maximum atomic E-state index is 12.3. The first kappa shape index (κ1) is 12.6. The SMILES string of the molecule is CN(C(=O)C1CCCCC(=O)N1)c1cnn(C)c1. The third-order valence-electron chi connectivity index (χ3n) is 3.19. The molecule has 1 aromatic rings. The Balaban J connectivity index is 2.07. The van der Waals surface area contributed by atoms with Gasteiger partial charge in [-0.1, -0.05) is 6.42 Å². The van der Waals surface area contributed by atoms with Crippen LogP contribution in [0.2, 0.25) is 0 Å². The van der Waals surface area contributed by atoms with Crippen molar-refractivity contribution in [3.05, 3.63) is 12.4 Å². The zero-order chi connectivity index (χ0) is 13.1. The first-order chi connectivity index (χ1) is 8.58. The van der Waals surface area contributed by atoms with Crippen LogP contribution in [0, 0.1) is 0 Å². The molecule has 0 radical (unpaired) electrons. The van der Waals surface area contributed by atoms with Crippen LogP contribution < -0.4 is 10.2 Å². The zero-order valence-electron chi connectivity index (χ0n) is 10.7. The van der Waals surface area contributed by atoms with E-state index in [2.05, 4.69) is 10.4 Å². The van der Waals surface area contributed by atoms with Gasteiger partial charge in [0.2, 0.25) is 11.8 Å². The van der Waals surface area contributed by atoms with Crippen molar-refractivity contribution in [2.45, 2.75) is 31.7 Å². The first-order valence-electron chi connectivity index (χ1n) is 6.13. The predicted molar refractivity (Wildman–Crippen MR) is 67.0 cm³/mol. The summed E-state index contributed by atoms with van der Waals surface area (Å²) in [5.74, 6) is -0.122. The highest BCUT2D eigenvalue weighted by atomic mass is 16.2. The molecule has 0 aromatic carbocycles. The van der Waals surface area contributed by atoms with E-state index in [0.717, 1.165) is 18.5 Å². The van der Waals surface area contributed by atoms with Crippen LogP contribution in [0.15, 0.2) is 12.4 Å². The Morgan fingerprint density at radius 3 is 3.00 bits per heavy atom. The summed E-state index contributed by atoms with van der Waals surface area (Å²) in [5, 5.41) is 6.81. The maximum absolute atomic E-state index is 12.3. The number of carbonyl (C=O) groups excluding carboxylic acids is 2. The molecule has 98 valence electrons. The molecule has 1 N–H and O–H groups in total. The number of anilines is 1. The van der Waals surface area contributed by atoms with Crippen LogP contribution in [-0.2, 0) is 16.6 Å². The second-order valence-electron chi connectivity index (χ2n) is 4.64. The Kier molecular flexibility index (Phi) is 3.64. The molecule has 6 heteroatoms. The number of likely N-dealkylation sites (N-methyl/N-ethyl adjacent to an activating group) is 1. The van der Waals surface area contributed by atoms with E-state index in [1.807, 2.05) is 0 Å². The Morgan fingerprint density at radius 1 is 1.56 bits per heavy atom. The average Bonchev–Trinajstić information content (AvgIpc) is 2.65. The largest absolute Gasteiger partial charge is 0.344 e. The number of aromatic nitrogens is 2. The molecule has 0 bridgehead atoms. The third kappa shape index (κ3) is 2.69. The molecule has 6 nitrogen and oxygen atoms in total. The van der Waals surface area contributed by atoms with Gasteiger partial charge in [-0.25, -0.2) is 0 Å². The molecule has 0 spiro atoms. The summed E-state index contributed by atoms with van der Waals surface area (Å²) in [7, 11) is 3.51. The monoisotopic (exact) mass is 250 g/mol. The molecule has 1 aromatic heterocycles. The fourth-order valence-electron chi connectivity index (χ4n) is 2.10. The van der Waals surface area contributed by atoms with Crippen LogP contribution in [0.4, 0.5) is 5.69 Å². The van der Waals surface area contributed by atoms with Gasteiger partial charge in [0, 0.05) is 26.7 Å². The van der Waals surface area contributed by atoms with E-state index < -0.39 is 6.04 Å². The normalized spacial score (nSPS) is 20.1. The summed E-state index contributed by atoms with van der Waals surface area (Å²) in [4.78, 5) is 25.3. The van der Waals surface area contributed by atoms with E-state index in [0.29, 0.717) is 12.8 Å². The van der Waals surface area contributed by atoms with Crippen molar-refractivity contribution in [1.82, 2.24) is 15.1 Å². The van der Waals surface area contributed by atoms with Gasteiger partial charge in [0.05, 0.1) is 11.9 Å². The Bertz CT molecular complexity index is 455. The summed E-state index contributed by atoms with van der Waals surface area (Å²) in [6.07, 6.45) is 6.38. The number of nitrogens with zero attached hydrogens (tertiary/aromatic N) is 3. The van der Waals surface area contributed by atoms with Crippen LogP contribution in [0.1, 0.15) is 25.7 Å². The molecule has 1 aliphatic rings. The molecular formula is C12H18N4O2. The molecule has 1 aliphatic heterocycles. The molecular weight excluding hydrogens is 232 g/mol. The van der Waals surface area contributed by atoms with Crippen molar-refractivity contribution in [3.8, 4) is 0 Å². The zero-order valence-corrected chi connectivity index (χ0v) is 10.7. The molecule has 0 aliphatic carbocycles. The summed E-state index contributed by atoms with van der Waals surface area (Å²) in [6.45, 7) is 0. The minimum atomic E-state index is -0.412. The lowest BCUT2D eigenvalue weighted by Crippen LogP contribution is -2.46. The fourth-order valence-corrected chi connectivity index (χ4v) is 2.10. The molecule has 1 unspecified atom stereocenters. The number of hydrogen-bond acceptors (Lipinski definition) is 3. The minimum absolute atomic E-state index is 0.0366. The molecule has 2 rings (SSSR count). The summed E-state index contributed by atoms with van der Waals surface area (Å²) < 4.78 is 1.64. The highest BCUT2D eigenvalue weighted by Crippen LogP contribution is 2.15. The van der Waals surface area contributed by atoms with Crippen LogP contribution >= 0.6 is 0 Å². The predicted octanol–water partition coefficient (Wildman–Crippen LogP) is 0.442. The van der Waals surface area contributed by atoms with Gasteiger partial charge in [-0.05, 0) is 12.8 Å². The van der Waals surface area contributed by atoms with Gasteiger partial charge < -0.3 is 10.2 Å². The molecule has 1 saturated heterocycles. The van der Waals surface area contributed by atoms with Crippen molar-refractivity contribution in [2.24, 2.45) is 7.05 Å². The number of amides is 2. The fraction of sp³-hybridized carbons (Fsp3) is 0.583. The highest BCUT2D eigenvalue weighted by Gasteiger charge is 2.26. The first-order valence-corrected chi connectivity index (χ1v) is 6.13. The van der Waals surface area contributed by atoms with Crippen molar-refractivity contribution < 1.29 is 9.59 Å². The Morgan fingerprint density at radius 2 is 2.33 bits per heavy atom. The van der Waals surface area contributed by atoms with Crippen molar-refractivity contribution in [3.63, 3.8) is 0 Å². The minimum Gasteiger partial charge on any atom is -0.344 e. The van der Waals surface area contributed by atoms with Gasteiger partial charge in [0.1, 0.15) is 6.04 Å². The van der Waals surface area contributed by atoms with Gasteiger partial charge >= 0.3 is 0 Å². The lowest BCUT2D eigenvalue weighted by molar-refractivity contribution is -0.126. The molecule has 1 atom stereocenters. The number of nitrogens with one attached hydrogen (secondary N) is 1. The van der Waals surface area contributed by atoms with Gasteiger partial charge in [-0.15, -0.1) is 0 Å². The maximum Gasteiger partial charge on any atom is 0.249 e. The second-order valence-corrected chi connectivity index (χ2v) is 4.64. The Labute approximate surface area is 106 Å². The van der Waals surface area contributed by atoms with Crippen molar-refractivity contribution >= 4 is 17.5 Å².